The Kier molecular flexibility index (Phi) is 3.16. The summed E-state index contributed by atoms with van der Waals surface area (Å²) >= 11 is 5.75. The van der Waals surface area contributed by atoms with Crippen LogP contribution in [0.2, 0.25) is 0 Å². The van der Waals surface area contributed by atoms with Gasteiger partial charge in [0.1, 0.15) is 11.6 Å². The Morgan fingerprint density at radius 2 is 1.88 bits per heavy atom. The molecule has 0 aliphatic rings. The van der Waals surface area contributed by atoms with Crippen molar-refractivity contribution in [3.8, 4) is 16.9 Å². The fraction of sp³-hybridized carbons (Fsp3) is 0.0909. The van der Waals surface area contributed by atoms with Gasteiger partial charge in [0, 0.05) is 12.6 Å². The molecule has 1 aromatic heterocycles. The number of halogens is 2. The summed E-state index contributed by atoms with van der Waals surface area (Å²) in [5.41, 5.74) is 8.03. The van der Waals surface area contributed by atoms with E-state index in [2.05, 4.69) is 38.5 Å². The van der Waals surface area contributed by atoms with Crippen molar-refractivity contribution in [1.29, 1.82) is 0 Å². The van der Waals surface area contributed by atoms with Crippen LogP contribution in [0.1, 0.15) is 0 Å². The van der Waals surface area contributed by atoms with E-state index in [4.69, 9.17) is 5.73 Å². The SMILES string of the molecule is Cn1c(N)c(I)c(-c2ccc(O)cc2)c1Br. The van der Waals surface area contributed by atoms with Gasteiger partial charge in [-0.05, 0) is 56.2 Å². The Hall–Kier alpha value is -0.690. The minimum absolute atomic E-state index is 0.263. The van der Waals surface area contributed by atoms with Crippen LogP contribution in [0.15, 0.2) is 28.9 Å². The number of phenolic OH excluding ortho intramolecular Hbond substituents is 1. The number of anilines is 1. The second-order valence-corrected chi connectivity index (χ2v) is 5.30. The molecule has 2 aromatic rings. The Balaban J connectivity index is 2.64. The molecule has 2 rings (SSSR count). The van der Waals surface area contributed by atoms with Gasteiger partial charge >= 0.3 is 0 Å². The Morgan fingerprint density at radius 3 is 2.31 bits per heavy atom. The first-order chi connectivity index (χ1) is 7.52. The van der Waals surface area contributed by atoms with Crippen molar-refractivity contribution in [3.63, 3.8) is 0 Å². The van der Waals surface area contributed by atoms with E-state index in [0.29, 0.717) is 0 Å². The molecule has 0 saturated heterocycles. The van der Waals surface area contributed by atoms with Crippen molar-refractivity contribution >= 4 is 44.3 Å². The summed E-state index contributed by atoms with van der Waals surface area (Å²) in [6, 6.07) is 7.08. The molecule has 16 heavy (non-hydrogen) atoms. The van der Waals surface area contributed by atoms with Crippen LogP contribution in [0.5, 0.6) is 5.75 Å². The van der Waals surface area contributed by atoms with Gasteiger partial charge in [0.15, 0.2) is 0 Å². The van der Waals surface area contributed by atoms with E-state index in [1.54, 1.807) is 12.1 Å². The Labute approximate surface area is 116 Å². The average Bonchev–Trinajstić information content (AvgIpc) is 2.46. The molecule has 0 atom stereocenters. The molecule has 3 N–H and O–H groups in total. The van der Waals surface area contributed by atoms with Crippen LogP contribution < -0.4 is 5.73 Å². The van der Waals surface area contributed by atoms with E-state index in [9.17, 15) is 5.11 Å². The summed E-state index contributed by atoms with van der Waals surface area (Å²) in [6.07, 6.45) is 0. The topological polar surface area (TPSA) is 51.2 Å². The maximum Gasteiger partial charge on any atom is 0.118 e. The number of nitrogen functional groups attached to an aromatic ring is 1. The van der Waals surface area contributed by atoms with Crippen LogP contribution in [0, 0.1) is 3.57 Å². The van der Waals surface area contributed by atoms with E-state index in [0.717, 1.165) is 25.1 Å². The molecule has 1 aromatic carbocycles. The molecule has 0 aliphatic carbocycles. The van der Waals surface area contributed by atoms with Gasteiger partial charge in [-0.2, -0.15) is 0 Å². The normalized spacial score (nSPS) is 10.7. The van der Waals surface area contributed by atoms with Crippen LogP contribution in [0.4, 0.5) is 5.82 Å². The van der Waals surface area contributed by atoms with Crippen molar-refractivity contribution in [1.82, 2.24) is 4.57 Å². The van der Waals surface area contributed by atoms with Gasteiger partial charge in [-0.1, -0.05) is 12.1 Å². The van der Waals surface area contributed by atoms with Gasteiger partial charge < -0.3 is 15.4 Å². The molecule has 1 heterocycles. The standard InChI is InChI=1S/C11H10BrIN2O/c1-15-10(12)8(9(13)11(15)14)6-2-4-7(16)5-3-6/h2-5,16H,14H2,1H3. The first-order valence-corrected chi connectivity index (χ1v) is 6.48. The molecule has 0 unspecified atom stereocenters. The third kappa shape index (κ3) is 1.82. The highest BCUT2D eigenvalue weighted by Gasteiger charge is 2.16. The highest BCUT2D eigenvalue weighted by molar-refractivity contribution is 14.1. The average molecular weight is 393 g/mol. The summed E-state index contributed by atoms with van der Waals surface area (Å²) in [5.74, 6) is 0.995. The summed E-state index contributed by atoms with van der Waals surface area (Å²) in [4.78, 5) is 0. The summed E-state index contributed by atoms with van der Waals surface area (Å²) in [6.45, 7) is 0. The number of nitrogens with two attached hydrogens (primary N) is 1. The van der Waals surface area contributed by atoms with E-state index in [1.807, 2.05) is 23.7 Å². The smallest absolute Gasteiger partial charge is 0.118 e. The second-order valence-electron chi connectivity index (χ2n) is 3.47. The van der Waals surface area contributed by atoms with Crippen LogP contribution in [-0.2, 0) is 7.05 Å². The monoisotopic (exact) mass is 392 g/mol. The molecular weight excluding hydrogens is 383 g/mol. The number of rotatable bonds is 1. The van der Waals surface area contributed by atoms with Crippen molar-refractivity contribution < 1.29 is 5.11 Å². The van der Waals surface area contributed by atoms with Gasteiger partial charge in [-0.25, -0.2) is 0 Å². The quantitative estimate of drug-likeness (QED) is 0.731. The molecule has 0 fully saturated rings. The number of hydrogen-bond donors (Lipinski definition) is 2. The van der Waals surface area contributed by atoms with Crippen molar-refractivity contribution in [2.75, 3.05) is 5.73 Å². The number of aromatic hydroxyl groups is 1. The van der Waals surface area contributed by atoms with Crippen LogP contribution in [0.3, 0.4) is 0 Å². The molecule has 0 bridgehead atoms. The van der Waals surface area contributed by atoms with E-state index in [-0.39, 0.29) is 5.75 Å². The first-order valence-electron chi connectivity index (χ1n) is 4.61. The lowest BCUT2D eigenvalue weighted by molar-refractivity contribution is 0.475. The minimum Gasteiger partial charge on any atom is -0.508 e. The molecule has 0 radical (unpaired) electrons. The predicted molar refractivity (Wildman–Crippen MR) is 77.3 cm³/mol. The van der Waals surface area contributed by atoms with Gasteiger partial charge in [-0.15, -0.1) is 0 Å². The van der Waals surface area contributed by atoms with Crippen LogP contribution in [0.25, 0.3) is 11.1 Å². The fourth-order valence-electron chi connectivity index (χ4n) is 1.51. The molecule has 0 spiro atoms. The molecule has 5 heteroatoms. The number of nitrogens with zero attached hydrogens (tertiary/aromatic N) is 1. The van der Waals surface area contributed by atoms with E-state index in [1.165, 1.54) is 0 Å². The lowest BCUT2D eigenvalue weighted by atomic mass is 10.1. The number of aromatic nitrogens is 1. The molecule has 0 saturated carbocycles. The Morgan fingerprint density at radius 1 is 1.31 bits per heavy atom. The number of hydrogen-bond acceptors (Lipinski definition) is 2. The molecule has 3 nitrogen and oxygen atoms in total. The van der Waals surface area contributed by atoms with Crippen LogP contribution in [-0.4, -0.2) is 9.67 Å². The molecule has 84 valence electrons. The highest BCUT2D eigenvalue weighted by Crippen LogP contribution is 2.38. The highest BCUT2D eigenvalue weighted by atomic mass is 127. The largest absolute Gasteiger partial charge is 0.508 e. The van der Waals surface area contributed by atoms with Gasteiger partial charge in [0.05, 0.1) is 8.17 Å². The maximum atomic E-state index is 9.26. The molecule has 0 amide bonds. The lowest BCUT2D eigenvalue weighted by Crippen LogP contribution is -1.96. The predicted octanol–water partition coefficient (Wildman–Crippen LogP) is 3.35. The third-order valence-corrected chi connectivity index (χ3v) is 4.48. The zero-order valence-corrected chi connectivity index (χ0v) is 12.3. The van der Waals surface area contributed by atoms with Gasteiger partial charge in [0.25, 0.3) is 0 Å². The summed E-state index contributed by atoms with van der Waals surface area (Å²) < 4.78 is 3.85. The minimum atomic E-state index is 0.263. The van der Waals surface area contributed by atoms with E-state index >= 15 is 0 Å². The summed E-state index contributed by atoms with van der Waals surface area (Å²) in [7, 11) is 1.91. The number of benzene rings is 1. The van der Waals surface area contributed by atoms with Crippen molar-refractivity contribution in [3.05, 3.63) is 32.4 Å². The lowest BCUT2D eigenvalue weighted by Gasteiger charge is -2.01. The zero-order chi connectivity index (χ0) is 11.9. The van der Waals surface area contributed by atoms with Crippen LogP contribution >= 0.6 is 38.5 Å². The first kappa shape index (κ1) is 11.8. The zero-order valence-electron chi connectivity index (χ0n) is 8.54. The Bertz CT molecular complexity index is 508. The second kappa shape index (κ2) is 4.29. The third-order valence-electron chi connectivity index (χ3n) is 2.46. The molecule has 0 aliphatic heterocycles. The maximum absolute atomic E-state index is 9.26. The number of phenols is 1. The molecular formula is C11H10BrIN2O. The van der Waals surface area contributed by atoms with Gasteiger partial charge in [0.2, 0.25) is 0 Å². The van der Waals surface area contributed by atoms with Crippen molar-refractivity contribution in [2.45, 2.75) is 0 Å². The fourth-order valence-corrected chi connectivity index (χ4v) is 3.43. The van der Waals surface area contributed by atoms with Gasteiger partial charge in [-0.3, -0.25) is 0 Å². The van der Waals surface area contributed by atoms with Crippen molar-refractivity contribution in [2.24, 2.45) is 7.05 Å². The van der Waals surface area contributed by atoms with E-state index < -0.39 is 0 Å². The summed E-state index contributed by atoms with van der Waals surface area (Å²) in [5, 5.41) is 9.26.